The average molecular weight is 334 g/mol. The maximum atomic E-state index is 11.8. The smallest absolute Gasteiger partial charge is 0.573 e. The second kappa shape index (κ2) is 8.89. The van der Waals surface area contributed by atoms with Crippen molar-refractivity contribution in [3.05, 3.63) is 16.3 Å². The molecule has 0 saturated carbocycles. The third kappa shape index (κ3) is 9.72. The molecule has 11 heteroatoms. The summed E-state index contributed by atoms with van der Waals surface area (Å²) in [5.74, 6) is -1.04. The molecule has 20 heavy (non-hydrogen) atoms. The van der Waals surface area contributed by atoms with Gasteiger partial charge in [-0.25, -0.2) is 4.79 Å². The number of hydrogen-bond acceptors (Lipinski definition) is 6. The van der Waals surface area contributed by atoms with Crippen LogP contribution in [0.4, 0.5) is 13.2 Å². The molecule has 1 atom stereocenters. The number of hydrogen-bond donors (Lipinski definition) is 1. The van der Waals surface area contributed by atoms with E-state index in [1.165, 1.54) is 0 Å². The fourth-order valence-corrected chi connectivity index (χ4v) is 1.58. The summed E-state index contributed by atoms with van der Waals surface area (Å²) in [6.07, 6.45) is -4.09. The van der Waals surface area contributed by atoms with E-state index in [2.05, 4.69) is 9.88 Å². The molecule has 1 rings (SSSR count). The molecule has 0 aliphatic heterocycles. The molecule has 0 spiro atoms. The third-order valence-corrected chi connectivity index (χ3v) is 2.34. The zero-order chi connectivity index (χ0) is 15.8. The largest absolute Gasteiger partial charge is 0.760 e. The number of carbonyl (C=O) groups is 1. The quantitative estimate of drug-likeness (QED) is 0.670. The van der Waals surface area contributed by atoms with E-state index in [1.54, 1.807) is 0 Å². The van der Waals surface area contributed by atoms with Crippen molar-refractivity contribution in [1.29, 1.82) is 0 Å². The Morgan fingerprint density at radius 2 is 2.10 bits per heavy atom. The third-order valence-electron chi connectivity index (χ3n) is 1.45. The van der Waals surface area contributed by atoms with Crippen molar-refractivity contribution in [2.75, 3.05) is 6.61 Å². The second-order valence-electron chi connectivity index (χ2n) is 3.09. The number of ether oxygens (including phenoxy) is 2. The number of nitrogens with two attached hydrogens (primary N) is 1. The Labute approximate surface area is 119 Å². The highest BCUT2D eigenvalue weighted by molar-refractivity contribution is 7.76. The highest BCUT2D eigenvalue weighted by Crippen LogP contribution is 2.28. The zero-order valence-electron chi connectivity index (χ0n) is 10.1. The molecule has 0 aliphatic carbocycles. The van der Waals surface area contributed by atoms with Gasteiger partial charge in [0.2, 0.25) is 0 Å². The molecular formula is C9H11F3NO5S2-. The minimum Gasteiger partial charge on any atom is -0.760 e. The monoisotopic (exact) mass is 334 g/mol. The van der Waals surface area contributed by atoms with Crippen LogP contribution in [0.2, 0.25) is 0 Å². The zero-order valence-corrected chi connectivity index (χ0v) is 11.8. The van der Waals surface area contributed by atoms with Crippen molar-refractivity contribution < 1.29 is 36.2 Å². The molecule has 2 N–H and O–H groups in total. The minimum atomic E-state index is -4.74. The van der Waals surface area contributed by atoms with Crippen LogP contribution in [-0.2, 0) is 16.0 Å². The lowest BCUT2D eigenvalue weighted by atomic mass is 10.4. The van der Waals surface area contributed by atoms with E-state index < -0.39 is 29.3 Å². The van der Waals surface area contributed by atoms with E-state index in [0.717, 1.165) is 22.8 Å². The Kier molecular flexibility index (Phi) is 8.37. The Hall–Kier alpha value is -1.17. The summed E-state index contributed by atoms with van der Waals surface area (Å²) in [7, 11) is 0. The number of halogens is 3. The van der Waals surface area contributed by atoms with Crippen LogP contribution in [0.5, 0.6) is 5.75 Å². The first kappa shape index (κ1) is 18.8. The topological polar surface area (TPSA) is 102 Å². The number of alkyl halides is 3. The lowest BCUT2D eigenvalue weighted by Crippen LogP contribution is -2.16. The first-order chi connectivity index (χ1) is 9.15. The summed E-state index contributed by atoms with van der Waals surface area (Å²) < 4.78 is 61.4. The number of thiophene rings is 1. The van der Waals surface area contributed by atoms with Crippen molar-refractivity contribution in [2.45, 2.75) is 19.7 Å². The van der Waals surface area contributed by atoms with Crippen LogP contribution in [0.15, 0.2) is 11.4 Å². The number of carbonyl (C=O) groups excluding carboxylic acids is 1. The van der Waals surface area contributed by atoms with Crippen LogP contribution in [0, 0.1) is 0 Å². The summed E-state index contributed by atoms with van der Waals surface area (Å²) >= 11 is -1.51. The van der Waals surface area contributed by atoms with Crippen LogP contribution >= 0.6 is 11.3 Å². The van der Waals surface area contributed by atoms with E-state index in [0.29, 0.717) is 6.42 Å². The average Bonchev–Trinajstić information content (AvgIpc) is 2.71. The molecule has 0 radical (unpaired) electrons. The Morgan fingerprint density at radius 3 is 2.55 bits per heavy atom. The van der Waals surface area contributed by atoms with Crippen molar-refractivity contribution in [1.82, 2.24) is 0 Å². The summed E-state index contributed by atoms with van der Waals surface area (Å²) in [5, 5.41) is 5.13. The summed E-state index contributed by atoms with van der Waals surface area (Å²) in [5.41, 5.74) is 0. The van der Waals surface area contributed by atoms with Gasteiger partial charge in [-0.2, -0.15) is 0 Å². The predicted octanol–water partition coefficient (Wildman–Crippen LogP) is 1.95. The Bertz CT molecular complexity index is 445. The molecular weight excluding hydrogens is 323 g/mol. The maximum Gasteiger partial charge on any atom is 0.573 e. The highest BCUT2D eigenvalue weighted by atomic mass is 32.2. The summed E-state index contributed by atoms with van der Waals surface area (Å²) in [6.45, 7) is 2.06. The van der Waals surface area contributed by atoms with Gasteiger partial charge in [-0.3, -0.25) is 9.35 Å². The Morgan fingerprint density at radius 1 is 1.55 bits per heavy atom. The van der Waals surface area contributed by atoms with Crippen LogP contribution < -0.4 is 9.88 Å². The van der Waals surface area contributed by atoms with E-state index in [1.807, 2.05) is 6.92 Å². The van der Waals surface area contributed by atoms with Crippen LogP contribution in [0.1, 0.15) is 23.0 Å². The van der Waals surface area contributed by atoms with Crippen molar-refractivity contribution in [3.63, 3.8) is 0 Å². The van der Waals surface area contributed by atoms with Crippen molar-refractivity contribution in [3.8, 4) is 5.75 Å². The van der Waals surface area contributed by atoms with E-state index in [4.69, 9.17) is 13.5 Å². The molecule has 0 aliphatic rings. The summed E-state index contributed by atoms with van der Waals surface area (Å²) in [6, 6.07) is 1.01. The fraction of sp³-hybridized carbons (Fsp3) is 0.444. The van der Waals surface area contributed by atoms with Gasteiger partial charge in [-0.15, -0.1) is 24.5 Å². The molecule has 0 aromatic carbocycles. The molecule has 0 amide bonds. The highest BCUT2D eigenvalue weighted by Gasteiger charge is 2.31. The maximum absolute atomic E-state index is 11.8. The van der Waals surface area contributed by atoms with Crippen molar-refractivity contribution >= 4 is 28.6 Å². The predicted molar refractivity (Wildman–Crippen MR) is 64.7 cm³/mol. The lowest BCUT2D eigenvalue weighted by Gasteiger charge is -2.05. The van der Waals surface area contributed by atoms with E-state index in [-0.39, 0.29) is 11.5 Å². The van der Waals surface area contributed by atoms with E-state index >= 15 is 0 Å². The molecule has 1 unspecified atom stereocenters. The van der Waals surface area contributed by atoms with Gasteiger partial charge in [-0.1, -0.05) is 6.92 Å². The van der Waals surface area contributed by atoms with E-state index in [9.17, 15) is 18.0 Å². The van der Waals surface area contributed by atoms with Gasteiger partial charge < -0.3 is 14.0 Å². The van der Waals surface area contributed by atoms with Crippen LogP contribution in [0.3, 0.4) is 0 Å². The first-order valence-electron chi connectivity index (χ1n) is 5.00. The lowest BCUT2D eigenvalue weighted by molar-refractivity contribution is -0.274. The van der Waals surface area contributed by atoms with Gasteiger partial charge in [0, 0.05) is 22.7 Å². The van der Waals surface area contributed by atoms with Gasteiger partial charge in [0.25, 0.3) is 0 Å². The molecule has 0 fully saturated rings. The molecule has 1 aromatic heterocycles. The molecule has 6 nitrogen and oxygen atoms in total. The first-order valence-corrected chi connectivity index (χ1v) is 7.02. The molecule has 0 bridgehead atoms. The SMILES string of the molecule is CCCOC(=O)c1cc(OC(F)(F)F)cs1.NS(=O)[O-]. The molecule has 1 heterocycles. The van der Waals surface area contributed by atoms with Crippen molar-refractivity contribution in [2.24, 2.45) is 5.14 Å². The van der Waals surface area contributed by atoms with Gasteiger partial charge >= 0.3 is 12.3 Å². The molecule has 116 valence electrons. The minimum absolute atomic E-state index is 0.0905. The molecule has 0 saturated heterocycles. The van der Waals surface area contributed by atoms with Gasteiger partial charge in [0.15, 0.2) is 0 Å². The fourth-order valence-electron chi connectivity index (χ4n) is 0.879. The van der Waals surface area contributed by atoms with Crippen LogP contribution in [-0.4, -0.2) is 27.7 Å². The van der Waals surface area contributed by atoms with Gasteiger partial charge in [0.05, 0.1) is 6.61 Å². The van der Waals surface area contributed by atoms with Gasteiger partial charge in [0.1, 0.15) is 10.6 Å². The number of rotatable bonds is 4. The molecule has 1 aromatic rings. The van der Waals surface area contributed by atoms with Gasteiger partial charge in [-0.05, 0) is 6.42 Å². The normalized spacial score (nSPS) is 12.1. The Balaban J connectivity index is 0.000000796. The standard InChI is InChI=1S/C9H9F3O3S.H3NO2S/c1-2-3-14-8(13)7-4-6(5-16-7)15-9(10,11)12;1-4(2)3/h4-5H,2-3H2,1H3;1H2,(H,2,3)/p-1. The number of esters is 1. The summed E-state index contributed by atoms with van der Waals surface area (Å²) in [4.78, 5) is 11.3. The van der Waals surface area contributed by atoms with Crippen LogP contribution in [0.25, 0.3) is 0 Å². The second-order valence-corrected chi connectivity index (χ2v) is 4.52.